The molecule has 1 unspecified atom stereocenters. The van der Waals surface area contributed by atoms with Crippen molar-refractivity contribution in [1.82, 2.24) is 4.98 Å². The van der Waals surface area contributed by atoms with E-state index in [1.807, 2.05) is 0 Å². The van der Waals surface area contributed by atoms with Gasteiger partial charge in [-0.15, -0.1) is 0 Å². The molecule has 0 saturated carbocycles. The van der Waals surface area contributed by atoms with Crippen LogP contribution in [-0.2, 0) is 28.9 Å². The summed E-state index contributed by atoms with van der Waals surface area (Å²) in [5, 5.41) is 0. The third-order valence-corrected chi connectivity index (χ3v) is 4.08. The third-order valence-electron chi connectivity index (χ3n) is 4.08. The fourth-order valence-electron chi connectivity index (χ4n) is 2.96. The fourth-order valence-corrected chi connectivity index (χ4v) is 2.96. The summed E-state index contributed by atoms with van der Waals surface area (Å²) in [5.74, 6) is 1.000. The van der Waals surface area contributed by atoms with Crippen LogP contribution >= 0.6 is 0 Å². The molecule has 1 heterocycles. The van der Waals surface area contributed by atoms with Crippen LogP contribution in [0.2, 0.25) is 0 Å². The molecule has 0 aliphatic heterocycles. The van der Waals surface area contributed by atoms with Crippen LogP contribution in [0, 0.1) is 0 Å². The van der Waals surface area contributed by atoms with E-state index in [-0.39, 0.29) is 6.04 Å². The summed E-state index contributed by atoms with van der Waals surface area (Å²) in [7, 11) is 3.45. The molecule has 0 aromatic carbocycles. The van der Waals surface area contributed by atoms with E-state index in [4.69, 9.17) is 20.2 Å². The second-order valence-corrected chi connectivity index (χ2v) is 5.63. The van der Waals surface area contributed by atoms with E-state index < -0.39 is 0 Å². The molecule has 21 heavy (non-hydrogen) atoms. The van der Waals surface area contributed by atoms with Gasteiger partial charge in [-0.1, -0.05) is 0 Å². The van der Waals surface area contributed by atoms with Gasteiger partial charge >= 0.3 is 0 Å². The van der Waals surface area contributed by atoms with Gasteiger partial charge in [-0.05, 0) is 37.8 Å². The molecule has 0 saturated heterocycles. The Balaban J connectivity index is 2.33. The standard InChI is InChI=1S/C16H27N3O2/c1-12(11-21-3)19(7-8-20-2)16-14(10-17)9-13-5-4-6-15(13)18-16/h9,12H,4-8,10-11,17H2,1-3H3. The minimum atomic E-state index is 0.238. The number of anilines is 1. The number of nitrogens with zero attached hydrogens (tertiary/aromatic N) is 2. The number of nitrogens with two attached hydrogens (primary N) is 1. The van der Waals surface area contributed by atoms with Gasteiger partial charge in [0.25, 0.3) is 0 Å². The molecule has 0 fully saturated rings. The predicted molar refractivity (Wildman–Crippen MR) is 84.7 cm³/mol. The first kappa shape index (κ1) is 16.2. The van der Waals surface area contributed by atoms with Crippen molar-refractivity contribution in [3.8, 4) is 0 Å². The van der Waals surface area contributed by atoms with Crippen molar-refractivity contribution in [3.63, 3.8) is 0 Å². The van der Waals surface area contributed by atoms with E-state index in [9.17, 15) is 0 Å². The van der Waals surface area contributed by atoms with Crippen molar-refractivity contribution in [3.05, 3.63) is 22.9 Å². The summed E-state index contributed by atoms with van der Waals surface area (Å²) in [4.78, 5) is 7.17. The lowest BCUT2D eigenvalue weighted by Crippen LogP contribution is -2.40. The van der Waals surface area contributed by atoms with Crippen LogP contribution in [0.5, 0.6) is 0 Å². The van der Waals surface area contributed by atoms with Gasteiger partial charge in [0.05, 0.1) is 19.3 Å². The molecule has 0 amide bonds. The molecule has 1 aromatic heterocycles. The Morgan fingerprint density at radius 2 is 2.14 bits per heavy atom. The SMILES string of the molecule is COCCN(c1nc2c(cc1CN)CCC2)C(C)COC. The lowest BCUT2D eigenvalue weighted by Gasteiger charge is -2.31. The average Bonchev–Trinajstić information content (AvgIpc) is 2.94. The average molecular weight is 293 g/mol. The molecule has 118 valence electrons. The van der Waals surface area contributed by atoms with Crippen LogP contribution in [0.1, 0.15) is 30.2 Å². The maximum atomic E-state index is 5.96. The van der Waals surface area contributed by atoms with Crippen molar-refractivity contribution in [2.45, 2.75) is 38.8 Å². The van der Waals surface area contributed by atoms with Crippen molar-refractivity contribution in [2.24, 2.45) is 5.73 Å². The van der Waals surface area contributed by atoms with Crippen LogP contribution in [0.25, 0.3) is 0 Å². The second-order valence-electron chi connectivity index (χ2n) is 5.63. The monoisotopic (exact) mass is 293 g/mol. The normalized spacial score (nSPS) is 15.0. The molecule has 2 rings (SSSR count). The zero-order chi connectivity index (χ0) is 15.2. The molecule has 5 nitrogen and oxygen atoms in total. The highest BCUT2D eigenvalue weighted by molar-refractivity contribution is 5.51. The highest BCUT2D eigenvalue weighted by Gasteiger charge is 2.22. The number of hydrogen-bond donors (Lipinski definition) is 1. The van der Waals surface area contributed by atoms with E-state index in [0.717, 1.165) is 30.8 Å². The molecule has 1 aliphatic carbocycles. The summed E-state index contributed by atoms with van der Waals surface area (Å²) in [5.41, 5.74) is 9.67. The largest absolute Gasteiger partial charge is 0.383 e. The number of aromatic nitrogens is 1. The van der Waals surface area contributed by atoms with Crippen molar-refractivity contribution in [1.29, 1.82) is 0 Å². The second kappa shape index (κ2) is 7.73. The molecular weight excluding hydrogens is 266 g/mol. The van der Waals surface area contributed by atoms with Gasteiger partial charge in [-0.3, -0.25) is 0 Å². The van der Waals surface area contributed by atoms with E-state index in [2.05, 4.69) is 17.9 Å². The molecule has 0 spiro atoms. The van der Waals surface area contributed by atoms with Crippen molar-refractivity contribution >= 4 is 5.82 Å². The fraction of sp³-hybridized carbons (Fsp3) is 0.688. The summed E-state index contributed by atoms with van der Waals surface area (Å²) in [6, 6.07) is 2.48. The number of hydrogen-bond acceptors (Lipinski definition) is 5. The summed E-state index contributed by atoms with van der Waals surface area (Å²) >= 11 is 0. The minimum Gasteiger partial charge on any atom is -0.383 e. The molecule has 0 bridgehead atoms. The molecule has 1 aromatic rings. The number of pyridine rings is 1. The van der Waals surface area contributed by atoms with E-state index >= 15 is 0 Å². The van der Waals surface area contributed by atoms with E-state index in [1.54, 1.807) is 14.2 Å². The predicted octanol–water partition coefficient (Wildman–Crippen LogP) is 1.52. The maximum absolute atomic E-state index is 5.96. The topological polar surface area (TPSA) is 60.6 Å². The lowest BCUT2D eigenvalue weighted by molar-refractivity contribution is 0.170. The number of aryl methyl sites for hydroxylation is 2. The summed E-state index contributed by atoms with van der Waals surface area (Å²) < 4.78 is 10.6. The smallest absolute Gasteiger partial charge is 0.133 e. The third kappa shape index (κ3) is 3.73. The van der Waals surface area contributed by atoms with Crippen LogP contribution in [-0.4, -0.2) is 45.0 Å². The number of ether oxygens (including phenoxy) is 2. The first-order chi connectivity index (χ1) is 10.2. The Hall–Kier alpha value is -1.17. The highest BCUT2D eigenvalue weighted by atomic mass is 16.5. The zero-order valence-electron chi connectivity index (χ0n) is 13.4. The molecular formula is C16H27N3O2. The molecule has 0 radical (unpaired) electrons. The number of fused-ring (bicyclic) bond motifs is 1. The van der Waals surface area contributed by atoms with Crippen LogP contribution in [0.3, 0.4) is 0 Å². The first-order valence-electron chi connectivity index (χ1n) is 7.67. The van der Waals surface area contributed by atoms with Crippen LogP contribution in [0.15, 0.2) is 6.07 Å². The molecule has 1 aliphatic rings. The zero-order valence-corrected chi connectivity index (χ0v) is 13.4. The van der Waals surface area contributed by atoms with Gasteiger partial charge < -0.3 is 20.1 Å². The van der Waals surface area contributed by atoms with Gasteiger partial charge in [0.1, 0.15) is 5.82 Å². The Morgan fingerprint density at radius 3 is 2.81 bits per heavy atom. The lowest BCUT2D eigenvalue weighted by atomic mass is 10.1. The molecule has 2 N–H and O–H groups in total. The van der Waals surface area contributed by atoms with Crippen LogP contribution < -0.4 is 10.6 Å². The van der Waals surface area contributed by atoms with Crippen molar-refractivity contribution < 1.29 is 9.47 Å². The van der Waals surface area contributed by atoms with E-state index in [1.165, 1.54) is 17.7 Å². The Morgan fingerprint density at radius 1 is 1.33 bits per heavy atom. The van der Waals surface area contributed by atoms with Crippen LogP contribution in [0.4, 0.5) is 5.82 Å². The molecule has 1 atom stereocenters. The van der Waals surface area contributed by atoms with Gasteiger partial charge in [0.2, 0.25) is 0 Å². The van der Waals surface area contributed by atoms with Crippen molar-refractivity contribution in [2.75, 3.05) is 38.9 Å². The summed E-state index contributed by atoms with van der Waals surface area (Å²) in [6.07, 6.45) is 3.40. The van der Waals surface area contributed by atoms with Gasteiger partial charge in [0.15, 0.2) is 0 Å². The Bertz CT molecular complexity index is 465. The van der Waals surface area contributed by atoms with E-state index in [0.29, 0.717) is 19.8 Å². The number of rotatable bonds is 8. The minimum absolute atomic E-state index is 0.238. The van der Waals surface area contributed by atoms with Gasteiger partial charge in [0, 0.05) is 38.6 Å². The number of methoxy groups -OCH3 is 2. The summed E-state index contributed by atoms with van der Waals surface area (Å²) in [6.45, 7) is 4.77. The van der Waals surface area contributed by atoms with Gasteiger partial charge in [-0.2, -0.15) is 0 Å². The quantitative estimate of drug-likeness (QED) is 0.787. The molecule has 5 heteroatoms. The Kier molecular flexibility index (Phi) is 5.96. The Labute approximate surface area is 127 Å². The van der Waals surface area contributed by atoms with Gasteiger partial charge in [-0.25, -0.2) is 4.98 Å². The first-order valence-corrected chi connectivity index (χ1v) is 7.67. The highest BCUT2D eigenvalue weighted by Crippen LogP contribution is 2.28. The maximum Gasteiger partial charge on any atom is 0.133 e.